The van der Waals surface area contributed by atoms with E-state index >= 15 is 0 Å². The molecule has 0 saturated heterocycles. The molecule has 12 aromatic rings. The maximum Gasteiger partial charge on any atom is 0.235 e. The lowest BCUT2D eigenvalue weighted by Crippen LogP contribution is -2.13. The number of rotatable bonds is 4. The first-order chi connectivity index (χ1) is 29.3. The van der Waals surface area contributed by atoms with Crippen LogP contribution >= 0.6 is 0 Å². The van der Waals surface area contributed by atoms with Crippen molar-refractivity contribution in [1.29, 1.82) is 0 Å². The van der Waals surface area contributed by atoms with Crippen molar-refractivity contribution in [3.05, 3.63) is 193 Å². The van der Waals surface area contributed by atoms with Crippen LogP contribution in [-0.2, 0) is 6.42 Å². The average Bonchev–Trinajstić information content (AvgIpc) is 3.96. The van der Waals surface area contributed by atoms with Gasteiger partial charge in [0.1, 0.15) is 11.2 Å². The molecule has 8 aromatic carbocycles. The molecule has 0 spiro atoms. The van der Waals surface area contributed by atoms with Crippen LogP contribution in [0.5, 0.6) is 0 Å². The van der Waals surface area contributed by atoms with Crippen LogP contribution in [0.25, 0.3) is 111 Å². The molecule has 4 heterocycles. The van der Waals surface area contributed by atoms with Crippen molar-refractivity contribution < 1.29 is 4.42 Å². The van der Waals surface area contributed by atoms with Crippen LogP contribution in [0.3, 0.4) is 0 Å². The molecule has 276 valence electrons. The van der Waals surface area contributed by atoms with Crippen LogP contribution in [0.4, 0.5) is 0 Å². The van der Waals surface area contributed by atoms with Crippen LogP contribution in [0, 0.1) is 0 Å². The number of para-hydroxylation sites is 3. The van der Waals surface area contributed by atoms with Gasteiger partial charge >= 0.3 is 0 Å². The van der Waals surface area contributed by atoms with Crippen LogP contribution in [-0.4, -0.2) is 19.1 Å². The second-order valence-electron chi connectivity index (χ2n) is 15.7. The van der Waals surface area contributed by atoms with Gasteiger partial charge < -0.3 is 8.98 Å². The minimum absolute atomic E-state index is 0.0850. The first-order valence-corrected chi connectivity index (χ1v) is 20.3. The highest BCUT2D eigenvalue weighted by atomic mass is 16.3. The Bertz CT molecular complexity index is 3700. The van der Waals surface area contributed by atoms with Crippen molar-refractivity contribution in [3.8, 4) is 28.3 Å². The molecule has 0 fully saturated rings. The van der Waals surface area contributed by atoms with Crippen LogP contribution in [0.15, 0.2) is 186 Å². The fourth-order valence-electron chi connectivity index (χ4n) is 9.84. The van der Waals surface area contributed by atoms with Gasteiger partial charge in [-0.05, 0) is 65.1 Å². The van der Waals surface area contributed by atoms with E-state index in [1.807, 2.05) is 0 Å². The fourth-order valence-corrected chi connectivity index (χ4v) is 9.84. The summed E-state index contributed by atoms with van der Waals surface area (Å²) in [7, 11) is 0. The molecule has 1 aliphatic rings. The minimum atomic E-state index is 0.0850. The number of fused-ring (bicyclic) bond motifs is 13. The Morgan fingerprint density at radius 2 is 1.19 bits per heavy atom. The van der Waals surface area contributed by atoms with Gasteiger partial charge in [-0.15, -0.1) is 0 Å². The van der Waals surface area contributed by atoms with Gasteiger partial charge in [-0.3, -0.25) is 4.57 Å². The summed E-state index contributed by atoms with van der Waals surface area (Å²) in [6.45, 7) is 0. The fraction of sp³-hybridized carbons (Fsp3) is 0.0370. The van der Waals surface area contributed by atoms with Gasteiger partial charge in [0.25, 0.3) is 0 Å². The summed E-state index contributed by atoms with van der Waals surface area (Å²) >= 11 is 0. The topological polar surface area (TPSA) is 48.8 Å². The van der Waals surface area contributed by atoms with Crippen molar-refractivity contribution in [3.63, 3.8) is 0 Å². The summed E-state index contributed by atoms with van der Waals surface area (Å²) in [6, 6.07) is 62.7. The van der Waals surface area contributed by atoms with E-state index in [0.29, 0.717) is 5.95 Å². The standard InChI is InChI=1S/C54H34N4O/c1-2-12-33(13-3-1)35-22-24-36(25-23-35)51-41-17-6-9-19-44(41)55-54(56-51)58-45-20-10-7-16-39(45)40-28-30-46-49(52(40)58)43-29-31-48-50(42-18-8-11-21-47(42)59-48)53(43)57(46)38-27-26-34-14-4-5-15-37(34)32-38/h1-31,38H,32H2. The van der Waals surface area contributed by atoms with Crippen LogP contribution in [0.2, 0.25) is 0 Å². The molecule has 5 nitrogen and oxygen atoms in total. The molecular formula is C54H34N4O. The van der Waals surface area contributed by atoms with Crippen molar-refractivity contribution in [2.45, 2.75) is 12.5 Å². The number of nitrogens with zero attached hydrogens (tertiary/aromatic N) is 4. The number of benzene rings is 8. The molecule has 0 amide bonds. The Morgan fingerprint density at radius 1 is 0.475 bits per heavy atom. The molecule has 5 heteroatoms. The van der Waals surface area contributed by atoms with Gasteiger partial charge in [0, 0.05) is 37.9 Å². The summed E-state index contributed by atoms with van der Waals surface area (Å²) in [5, 5.41) is 7.97. The average molecular weight is 755 g/mol. The van der Waals surface area contributed by atoms with E-state index < -0.39 is 0 Å². The molecule has 0 radical (unpaired) electrons. The molecule has 4 aromatic heterocycles. The molecule has 0 saturated carbocycles. The second-order valence-corrected chi connectivity index (χ2v) is 15.7. The number of aromatic nitrogens is 4. The Morgan fingerprint density at radius 3 is 2.08 bits per heavy atom. The maximum absolute atomic E-state index is 6.56. The number of hydrogen-bond acceptors (Lipinski definition) is 3. The third-order valence-corrected chi connectivity index (χ3v) is 12.5. The smallest absolute Gasteiger partial charge is 0.235 e. The lowest BCUT2D eigenvalue weighted by Gasteiger charge is -2.23. The maximum atomic E-state index is 6.56. The summed E-state index contributed by atoms with van der Waals surface area (Å²) in [5.41, 5.74) is 14.1. The number of hydrogen-bond donors (Lipinski definition) is 0. The molecule has 1 atom stereocenters. The molecule has 0 N–H and O–H groups in total. The van der Waals surface area contributed by atoms with E-state index in [0.717, 1.165) is 66.9 Å². The molecule has 0 aliphatic heterocycles. The largest absolute Gasteiger partial charge is 0.456 e. The molecule has 59 heavy (non-hydrogen) atoms. The lowest BCUT2D eigenvalue weighted by atomic mass is 9.94. The highest BCUT2D eigenvalue weighted by Gasteiger charge is 2.27. The quantitative estimate of drug-likeness (QED) is 0.180. The van der Waals surface area contributed by atoms with Gasteiger partial charge in [-0.2, -0.15) is 0 Å². The van der Waals surface area contributed by atoms with E-state index in [4.69, 9.17) is 14.4 Å². The van der Waals surface area contributed by atoms with Crippen molar-refractivity contribution in [2.75, 3.05) is 0 Å². The van der Waals surface area contributed by atoms with Crippen molar-refractivity contribution in [1.82, 2.24) is 19.1 Å². The van der Waals surface area contributed by atoms with Crippen LogP contribution in [0.1, 0.15) is 17.2 Å². The Balaban J connectivity index is 1.14. The van der Waals surface area contributed by atoms with Gasteiger partial charge in [0.2, 0.25) is 5.95 Å². The predicted octanol–water partition coefficient (Wildman–Crippen LogP) is 13.9. The Kier molecular flexibility index (Phi) is 6.78. The van der Waals surface area contributed by atoms with Crippen LogP contribution < -0.4 is 0 Å². The van der Waals surface area contributed by atoms with Gasteiger partial charge in [-0.25, -0.2) is 9.97 Å². The normalized spacial score (nSPS) is 14.1. The summed E-state index contributed by atoms with van der Waals surface area (Å²) in [6.07, 6.45) is 5.56. The van der Waals surface area contributed by atoms with E-state index in [-0.39, 0.29) is 6.04 Å². The predicted molar refractivity (Wildman–Crippen MR) is 243 cm³/mol. The monoisotopic (exact) mass is 754 g/mol. The van der Waals surface area contributed by atoms with E-state index in [9.17, 15) is 0 Å². The van der Waals surface area contributed by atoms with Crippen molar-refractivity contribution >= 4 is 82.5 Å². The van der Waals surface area contributed by atoms with Gasteiger partial charge in [0.05, 0.1) is 44.7 Å². The van der Waals surface area contributed by atoms with E-state index in [1.165, 1.54) is 49.4 Å². The van der Waals surface area contributed by atoms with E-state index in [1.54, 1.807) is 0 Å². The lowest BCUT2D eigenvalue weighted by molar-refractivity contribution is 0.636. The molecule has 1 unspecified atom stereocenters. The Labute approximate surface area is 338 Å². The molecule has 0 bridgehead atoms. The summed E-state index contributed by atoms with van der Waals surface area (Å²) < 4.78 is 11.4. The third kappa shape index (κ3) is 4.73. The third-order valence-electron chi connectivity index (χ3n) is 12.5. The number of allylic oxidation sites excluding steroid dienone is 1. The zero-order valence-corrected chi connectivity index (χ0v) is 31.9. The minimum Gasteiger partial charge on any atom is -0.456 e. The summed E-state index contributed by atoms with van der Waals surface area (Å²) in [4.78, 5) is 10.9. The molecule has 13 rings (SSSR count). The van der Waals surface area contributed by atoms with Gasteiger partial charge in [0.15, 0.2) is 0 Å². The number of furan rings is 1. The highest BCUT2D eigenvalue weighted by Crippen LogP contribution is 2.46. The Hall–Kier alpha value is -7.76. The zero-order valence-electron chi connectivity index (χ0n) is 31.9. The first kappa shape index (κ1) is 32.3. The molecule has 1 aliphatic carbocycles. The van der Waals surface area contributed by atoms with E-state index in [2.05, 4.69) is 197 Å². The first-order valence-electron chi connectivity index (χ1n) is 20.3. The van der Waals surface area contributed by atoms with Gasteiger partial charge in [-0.1, -0.05) is 152 Å². The summed E-state index contributed by atoms with van der Waals surface area (Å²) in [5.74, 6) is 0.645. The highest BCUT2D eigenvalue weighted by molar-refractivity contribution is 6.30. The SMILES string of the molecule is C1=CC(n2c3ccc4c5ccccc5n(-c5nc(-c6ccc(-c7ccccc7)cc6)c6ccccc6n5)c4c3c3ccc4oc5ccccc5c4c32)Cc2ccccc21. The second kappa shape index (κ2) is 12.4. The van der Waals surface area contributed by atoms with Crippen molar-refractivity contribution in [2.24, 2.45) is 0 Å². The molecular weight excluding hydrogens is 721 g/mol. The zero-order chi connectivity index (χ0) is 38.6.